The third-order valence-electron chi connectivity index (χ3n) is 4.32. The first-order chi connectivity index (χ1) is 13.6. The average Bonchev–Trinajstić information content (AvgIpc) is 2.89. The van der Waals surface area contributed by atoms with Crippen LogP contribution in [-0.4, -0.2) is 15.8 Å². The minimum atomic E-state index is -4.59. The molecule has 0 bridgehead atoms. The van der Waals surface area contributed by atoms with Gasteiger partial charge in [0.15, 0.2) is 0 Å². The highest BCUT2D eigenvalue weighted by atomic mass is 19.4. The first-order valence-corrected chi connectivity index (χ1v) is 8.68. The molecule has 1 aromatic heterocycles. The van der Waals surface area contributed by atoms with Crippen LogP contribution in [0.2, 0.25) is 0 Å². The molecule has 3 rings (SSSR count). The highest BCUT2D eigenvalue weighted by molar-refractivity contribution is 6.01. The monoisotopic (exact) mass is 406 g/mol. The van der Waals surface area contributed by atoms with Crippen molar-refractivity contribution < 1.29 is 22.4 Å². The van der Waals surface area contributed by atoms with Gasteiger partial charge in [-0.3, -0.25) is 4.68 Å². The molecule has 9 heteroatoms. The number of carbonyl (C=O) groups excluding carboxylic acids is 1. The Morgan fingerprint density at radius 1 is 1.07 bits per heavy atom. The maximum absolute atomic E-state index is 13.4. The second-order valence-electron chi connectivity index (χ2n) is 6.46. The third kappa shape index (κ3) is 4.74. The van der Waals surface area contributed by atoms with E-state index in [9.17, 15) is 22.4 Å². The molecule has 0 saturated heterocycles. The Balaban J connectivity index is 1.77. The van der Waals surface area contributed by atoms with Crippen molar-refractivity contribution >= 4 is 17.4 Å². The van der Waals surface area contributed by atoms with Crippen molar-refractivity contribution in [1.82, 2.24) is 9.78 Å². The predicted molar refractivity (Wildman–Crippen MR) is 101 cm³/mol. The zero-order valence-electron chi connectivity index (χ0n) is 15.6. The number of aromatic nitrogens is 2. The molecule has 29 heavy (non-hydrogen) atoms. The molecule has 0 aliphatic rings. The van der Waals surface area contributed by atoms with E-state index >= 15 is 0 Å². The highest BCUT2D eigenvalue weighted by Gasteiger charge is 2.33. The number of para-hydroxylation sites is 1. The number of anilines is 2. The fourth-order valence-corrected chi connectivity index (χ4v) is 2.95. The summed E-state index contributed by atoms with van der Waals surface area (Å²) in [7, 11) is 0. The molecule has 2 N–H and O–H groups in total. The minimum Gasteiger partial charge on any atom is -0.307 e. The Morgan fingerprint density at radius 3 is 2.48 bits per heavy atom. The van der Waals surface area contributed by atoms with Crippen LogP contribution in [0, 0.1) is 19.7 Å². The fourth-order valence-electron chi connectivity index (χ4n) is 2.95. The lowest BCUT2D eigenvalue weighted by Crippen LogP contribution is -2.22. The quantitative estimate of drug-likeness (QED) is 0.574. The number of hydrogen-bond donors (Lipinski definition) is 2. The number of rotatable bonds is 4. The van der Waals surface area contributed by atoms with Crippen LogP contribution in [0.4, 0.5) is 33.7 Å². The molecule has 0 fully saturated rings. The Hall–Kier alpha value is -3.36. The van der Waals surface area contributed by atoms with Gasteiger partial charge in [-0.2, -0.15) is 18.3 Å². The van der Waals surface area contributed by atoms with E-state index in [-0.39, 0.29) is 18.0 Å². The lowest BCUT2D eigenvalue weighted by Gasteiger charge is -2.14. The molecule has 2 aromatic carbocycles. The second kappa shape index (κ2) is 7.94. The SMILES string of the molecule is Cc1nn(Cc2cccc(F)c2)c(C)c1NC(=O)Nc1ccccc1C(F)(F)F. The van der Waals surface area contributed by atoms with Crippen molar-refractivity contribution in [3.63, 3.8) is 0 Å². The maximum atomic E-state index is 13.4. The number of amides is 2. The summed E-state index contributed by atoms with van der Waals surface area (Å²) in [5.41, 5.74) is 0.851. The van der Waals surface area contributed by atoms with Crippen molar-refractivity contribution in [1.29, 1.82) is 0 Å². The molecule has 0 aliphatic heterocycles. The molecule has 0 spiro atoms. The summed E-state index contributed by atoms with van der Waals surface area (Å²) in [6, 6.07) is 9.94. The molecule has 0 saturated carbocycles. The molecule has 0 atom stereocenters. The number of benzene rings is 2. The van der Waals surface area contributed by atoms with E-state index in [4.69, 9.17) is 0 Å². The minimum absolute atomic E-state index is 0.282. The van der Waals surface area contributed by atoms with Crippen LogP contribution in [0.3, 0.4) is 0 Å². The van der Waals surface area contributed by atoms with E-state index in [0.29, 0.717) is 22.6 Å². The van der Waals surface area contributed by atoms with Crippen LogP contribution in [0.15, 0.2) is 48.5 Å². The first-order valence-electron chi connectivity index (χ1n) is 8.68. The summed E-state index contributed by atoms with van der Waals surface area (Å²) in [6.45, 7) is 3.65. The fraction of sp³-hybridized carbons (Fsp3) is 0.200. The number of nitrogens with one attached hydrogen (secondary N) is 2. The van der Waals surface area contributed by atoms with Gasteiger partial charge in [0.1, 0.15) is 5.82 Å². The topological polar surface area (TPSA) is 59.0 Å². The number of nitrogens with zero attached hydrogens (tertiary/aromatic N) is 2. The van der Waals surface area contributed by atoms with Crippen LogP contribution in [0.5, 0.6) is 0 Å². The molecule has 1 heterocycles. The van der Waals surface area contributed by atoms with Crippen molar-refractivity contribution in [2.75, 3.05) is 10.6 Å². The van der Waals surface area contributed by atoms with Crippen LogP contribution in [0.1, 0.15) is 22.5 Å². The summed E-state index contributed by atoms with van der Waals surface area (Å²) in [4.78, 5) is 12.3. The molecule has 0 aliphatic carbocycles. The molecule has 5 nitrogen and oxygen atoms in total. The van der Waals surface area contributed by atoms with E-state index in [1.807, 2.05) is 0 Å². The van der Waals surface area contributed by atoms with E-state index in [1.165, 1.54) is 30.3 Å². The third-order valence-corrected chi connectivity index (χ3v) is 4.32. The van der Waals surface area contributed by atoms with E-state index in [0.717, 1.165) is 6.07 Å². The normalized spacial score (nSPS) is 11.4. The van der Waals surface area contributed by atoms with Gasteiger partial charge in [0.2, 0.25) is 0 Å². The first kappa shape index (κ1) is 20.4. The van der Waals surface area contributed by atoms with E-state index in [2.05, 4.69) is 15.7 Å². The summed E-state index contributed by atoms with van der Waals surface area (Å²) in [5.74, 6) is -0.370. The van der Waals surface area contributed by atoms with Gasteiger partial charge in [-0.1, -0.05) is 24.3 Å². The van der Waals surface area contributed by atoms with Crippen LogP contribution < -0.4 is 10.6 Å². The Labute approximate surface area is 164 Å². The number of carbonyl (C=O) groups is 1. The Morgan fingerprint density at radius 2 is 1.79 bits per heavy atom. The van der Waals surface area contributed by atoms with Gasteiger partial charge in [-0.05, 0) is 43.7 Å². The zero-order chi connectivity index (χ0) is 21.2. The molecular formula is C20H18F4N4O. The largest absolute Gasteiger partial charge is 0.418 e. The lowest BCUT2D eigenvalue weighted by atomic mass is 10.1. The summed E-state index contributed by atoms with van der Waals surface area (Å²) in [6.07, 6.45) is -4.59. The predicted octanol–water partition coefficient (Wildman–Crippen LogP) is 5.35. The van der Waals surface area contributed by atoms with E-state index in [1.54, 1.807) is 30.7 Å². The number of urea groups is 1. The van der Waals surface area contributed by atoms with Gasteiger partial charge < -0.3 is 10.6 Å². The number of hydrogen-bond acceptors (Lipinski definition) is 2. The van der Waals surface area contributed by atoms with Gasteiger partial charge in [-0.15, -0.1) is 0 Å². The van der Waals surface area contributed by atoms with E-state index < -0.39 is 17.8 Å². The van der Waals surface area contributed by atoms with Crippen molar-refractivity contribution in [2.45, 2.75) is 26.6 Å². The standard InChI is InChI=1S/C20H18F4N4O/c1-12-18(13(2)28(27-12)11-14-6-5-7-15(21)10-14)26-19(29)25-17-9-4-3-8-16(17)20(22,23)24/h3-10H,11H2,1-2H3,(H2,25,26,29). The summed E-state index contributed by atoms with van der Waals surface area (Å²) in [5, 5.41) is 9.10. The smallest absolute Gasteiger partial charge is 0.307 e. The van der Waals surface area contributed by atoms with Gasteiger partial charge >= 0.3 is 12.2 Å². The van der Waals surface area contributed by atoms with Gasteiger partial charge in [0, 0.05) is 0 Å². The molecule has 0 radical (unpaired) electrons. The Bertz CT molecular complexity index is 1040. The summed E-state index contributed by atoms with van der Waals surface area (Å²) < 4.78 is 54.2. The zero-order valence-corrected chi connectivity index (χ0v) is 15.6. The lowest BCUT2D eigenvalue weighted by molar-refractivity contribution is -0.136. The van der Waals surface area contributed by atoms with Crippen molar-refractivity contribution in [2.24, 2.45) is 0 Å². The van der Waals surface area contributed by atoms with Crippen molar-refractivity contribution in [3.8, 4) is 0 Å². The van der Waals surface area contributed by atoms with Gasteiger partial charge in [-0.25, -0.2) is 9.18 Å². The Kier molecular flexibility index (Phi) is 5.58. The van der Waals surface area contributed by atoms with Gasteiger partial charge in [0.25, 0.3) is 0 Å². The molecule has 0 unspecified atom stereocenters. The highest BCUT2D eigenvalue weighted by Crippen LogP contribution is 2.34. The number of halogens is 4. The molecule has 2 amide bonds. The molecular weight excluding hydrogens is 388 g/mol. The number of aryl methyl sites for hydroxylation is 1. The summed E-state index contributed by atoms with van der Waals surface area (Å²) >= 11 is 0. The van der Waals surface area contributed by atoms with Crippen molar-refractivity contribution in [3.05, 3.63) is 76.9 Å². The molecule has 3 aromatic rings. The maximum Gasteiger partial charge on any atom is 0.418 e. The van der Waals surface area contributed by atoms with Crippen LogP contribution in [-0.2, 0) is 12.7 Å². The van der Waals surface area contributed by atoms with Crippen LogP contribution >= 0.6 is 0 Å². The van der Waals surface area contributed by atoms with Gasteiger partial charge in [0.05, 0.1) is 34.9 Å². The second-order valence-corrected chi connectivity index (χ2v) is 6.46. The van der Waals surface area contributed by atoms with Crippen LogP contribution in [0.25, 0.3) is 0 Å². The number of alkyl halides is 3. The molecule has 152 valence electrons. The average molecular weight is 406 g/mol.